The van der Waals surface area contributed by atoms with E-state index in [1.54, 1.807) is 36.4 Å². The van der Waals surface area contributed by atoms with Gasteiger partial charge in [-0.05, 0) is 38.0 Å². The van der Waals surface area contributed by atoms with Crippen molar-refractivity contribution in [1.82, 2.24) is 14.5 Å². The number of fused-ring (bicyclic) bond motifs is 5. The first-order valence-corrected chi connectivity index (χ1v) is 8.35. The van der Waals surface area contributed by atoms with Gasteiger partial charge < -0.3 is 9.64 Å². The van der Waals surface area contributed by atoms with Crippen LogP contribution in [-0.4, -0.2) is 39.5 Å². The van der Waals surface area contributed by atoms with E-state index < -0.39 is 5.97 Å². The molecule has 1 aromatic carbocycles. The lowest BCUT2D eigenvalue weighted by molar-refractivity contribution is 0.0513. The maximum atomic E-state index is 13.0. The molecule has 4 rings (SSSR count). The SMILES string of the molecule is CCOC(=O)c1ncn2c1C1CCCN1C(=O)c1cc(Cl)ccc1-2. The van der Waals surface area contributed by atoms with E-state index in [-0.39, 0.29) is 24.2 Å². The summed E-state index contributed by atoms with van der Waals surface area (Å²) < 4.78 is 6.96. The molecular weight excluding hydrogens is 330 g/mol. The van der Waals surface area contributed by atoms with Crippen LogP contribution in [0.15, 0.2) is 24.5 Å². The Morgan fingerprint density at radius 1 is 1.46 bits per heavy atom. The fraction of sp³-hybridized carbons (Fsp3) is 0.353. The van der Waals surface area contributed by atoms with Gasteiger partial charge in [-0.3, -0.25) is 9.36 Å². The molecule has 0 spiro atoms. The third-order valence-corrected chi connectivity index (χ3v) is 4.79. The Morgan fingerprint density at radius 3 is 3.08 bits per heavy atom. The molecule has 2 aromatic rings. The van der Waals surface area contributed by atoms with Gasteiger partial charge >= 0.3 is 5.97 Å². The highest BCUT2D eigenvalue weighted by molar-refractivity contribution is 6.31. The topological polar surface area (TPSA) is 64.4 Å². The van der Waals surface area contributed by atoms with Crippen LogP contribution >= 0.6 is 11.6 Å². The molecule has 0 radical (unpaired) electrons. The van der Waals surface area contributed by atoms with E-state index in [1.165, 1.54) is 0 Å². The molecule has 3 heterocycles. The van der Waals surface area contributed by atoms with E-state index >= 15 is 0 Å². The molecule has 0 N–H and O–H groups in total. The minimum Gasteiger partial charge on any atom is -0.461 e. The summed E-state index contributed by atoms with van der Waals surface area (Å²) in [6, 6.07) is 5.02. The van der Waals surface area contributed by atoms with Crippen molar-refractivity contribution in [3.8, 4) is 5.69 Å². The highest BCUT2D eigenvalue weighted by Crippen LogP contribution is 2.40. The first-order chi connectivity index (χ1) is 11.6. The van der Waals surface area contributed by atoms with Gasteiger partial charge in [0.05, 0.1) is 29.6 Å². The Kier molecular flexibility index (Phi) is 3.57. The normalized spacial score (nSPS) is 18.7. The van der Waals surface area contributed by atoms with Gasteiger partial charge in [-0.1, -0.05) is 11.6 Å². The van der Waals surface area contributed by atoms with Crippen LogP contribution in [-0.2, 0) is 4.74 Å². The molecule has 2 aliphatic rings. The average molecular weight is 346 g/mol. The van der Waals surface area contributed by atoms with Crippen molar-refractivity contribution in [3.63, 3.8) is 0 Å². The van der Waals surface area contributed by atoms with Crippen molar-refractivity contribution in [1.29, 1.82) is 0 Å². The summed E-state index contributed by atoms with van der Waals surface area (Å²) in [5, 5.41) is 0.507. The summed E-state index contributed by atoms with van der Waals surface area (Å²) in [4.78, 5) is 31.4. The number of esters is 1. The molecule has 124 valence electrons. The second kappa shape index (κ2) is 5.63. The van der Waals surface area contributed by atoms with Crippen LogP contribution in [0.1, 0.15) is 52.3 Å². The maximum Gasteiger partial charge on any atom is 0.358 e. The number of amides is 1. The highest BCUT2D eigenvalue weighted by Gasteiger charge is 2.40. The van der Waals surface area contributed by atoms with Crippen LogP contribution in [0.3, 0.4) is 0 Å². The smallest absolute Gasteiger partial charge is 0.358 e. The van der Waals surface area contributed by atoms with Gasteiger partial charge in [-0.25, -0.2) is 9.78 Å². The molecule has 24 heavy (non-hydrogen) atoms. The molecule has 0 saturated carbocycles. The fourth-order valence-corrected chi connectivity index (χ4v) is 3.74. The molecular formula is C17H16ClN3O3. The van der Waals surface area contributed by atoms with Gasteiger partial charge in [0.1, 0.15) is 6.33 Å². The summed E-state index contributed by atoms with van der Waals surface area (Å²) in [6.45, 7) is 2.70. The second-order valence-electron chi connectivity index (χ2n) is 5.89. The molecule has 1 unspecified atom stereocenters. The van der Waals surface area contributed by atoms with Crippen LogP contribution in [0.2, 0.25) is 5.02 Å². The van der Waals surface area contributed by atoms with Gasteiger partial charge in [-0.15, -0.1) is 0 Å². The van der Waals surface area contributed by atoms with Crippen LogP contribution in [0.25, 0.3) is 5.69 Å². The van der Waals surface area contributed by atoms with E-state index in [1.807, 2.05) is 4.57 Å². The number of carbonyl (C=O) groups excluding carboxylic acids is 2. The summed E-state index contributed by atoms with van der Waals surface area (Å²) in [6.07, 6.45) is 3.27. The zero-order valence-corrected chi connectivity index (χ0v) is 13.9. The number of hydrogen-bond acceptors (Lipinski definition) is 4. The molecule has 1 fully saturated rings. The fourth-order valence-electron chi connectivity index (χ4n) is 3.56. The number of hydrogen-bond donors (Lipinski definition) is 0. The summed E-state index contributed by atoms with van der Waals surface area (Å²) in [5.74, 6) is -0.517. The van der Waals surface area contributed by atoms with Gasteiger partial charge in [0.15, 0.2) is 5.69 Å². The van der Waals surface area contributed by atoms with Crippen molar-refractivity contribution in [3.05, 3.63) is 46.5 Å². The molecule has 0 aliphatic carbocycles. The second-order valence-corrected chi connectivity index (χ2v) is 6.32. The van der Waals surface area contributed by atoms with Crippen molar-refractivity contribution >= 4 is 23.5 Å². The predicted molar refractivity (Wildman–Crippen MR) is 87.5 cm³/mol. The number of nitrogens with zero attached hydrogens (tertiary/aromatic N) is 3. The van der Waals surface area contributed by atoms with Crippen LogP contribution in [0, 0.1) is 0 Å². The third-order valence-electron chi connectivity index (χ3n) is 4.55. The lowest BCUT2D eigenvalue weighted by Crippen LogP contribution is -2.30. The number of carbonyl (C=O) groups is 2. The van der Waals surface area contributed by atoms with Crippen LogP contribution in [0.4, 0.5) is 0 Å². The quantitative estimate of drug-likeness (QED) is 0.785. The zero-order chi connectivity index (χ0) is 16.8. The largest absolute Gasteiger partial charge is 0.461 e. The first kappa shape index (κ1) is 15.2. The number of ether oxygens (including phenoxy) is 1. The lowest BCUT2D eigenvalue weighted by Gasteiger charge is -2.22. The van der Waals surface area contributed by atoms with E-state index in [9.17, 15) is 9.59 Å². The standard InChI is InChI=1S/C17H16ClN3O3/c1-2-24-17(23)14-15-13-4-3-7-20(13)16(22)11-8-10(18)5-6-12(11)21(15)9-19-14/h5-6,8-9,13H,2-4,7H2,1H3. The molecule has 2 aliphatic heterocycles. The molecule has 7 heteroatoms. The van der Waals surface area contributed by atoms with Crippen LogP contribution < -0.4 is 0 Å². The monoisotopic (exact) mass is 345 g/mol. The van der Waals surface area contributed by atoms with Crippen molar-refractivity contribution < 1.29 is 14.3 Å². The van der Waals surface area contributed by atoms with Crippen molar-refractivity contribution in [2.45, 2.75) is 25.8 Å². The number of benzene rings is 1. The Labute approximate surface area is 144 Å². The molecule has 1 amide bonds. The third kappa shape index (κ3) is 2.13. The summed E-state index contributed by atoms with van der Waals surface area (Å²) >= 11 is 6.09. The number of aromatic nitrogens is 2. The maximum absolute atomic E-state index is 13.0. The number of imidazole rings is 1. The zero-order valence-electron chi connectivity index (χ0n) is 13.2. The number of halogens is 1. The lowest BCUT2D eigenvalue weighted by atomic mass is 10.1. The van der Waals surface area contributed by atoms with Gasteiger partial charge in [0.25, 0.3) is 5.91 Å². The van der Waals surface area contributed by atoms with E-state index in [4.69, 9.17) is 16.3 Å². The molecule has 1 saturated heterocycles. The van der Waals surface area contributed by atoms with Crippen LogP contribution in [0.5, 0.6) is 0 Å². The minimum atomic E-state index is -0.456. The van der Waals surface area contributed by atoms with Crippen molar-refractivity contribution in [2.24, 2.45) is 0 Å². The Bertz CT molecular complexity index is 846. The Balaban J connectivity index is 1.96. The summed E-state index contributed by atoms with van der Waals surface area (Å²) in [5.41, 5.74) is 2.22. The molecule has 6 nitrogen and oxygen atoms in total. The Hall–Kier alpha value is -2.34. The van der Waals surface area contributed by atoms with E-state index in [0.717, 1.165) is 18.5 Å². The van der Waals surface area contributed by atoms with Gasteiger partial charge in [-0.2, -0.15) is 0 Å². The van der Waals surface area contributed by atoms with E-state index in [2.05, 4.69) is 4.98 Å². The van der Waals surface area contributed by atoms with E-state index in [0.29, 0.717) is 22.8 Å². The predicted octanol–water partition coefficient (Wildman–Crippen LogP) is 2.99. The summed E-state index contributed by atoms with van der Waals surface area (Å²) in [7, 11) is 0. The molecule has 0 bridgehead atoms. The van der Waals surface area contributed by atoms with Gasteiger partial charge in [0, 0.05) is 11.6 Å². The van der Waals surface area contributed by atoms with Gasteiger partial charge in [0.2, 0.25) is 0 Å². The Morgan fingerprint density at radius 2 is 2.29 bits per heavy atom. The average Bonchev–Trinajstić information content (AvgIpc) is 3.18. The highest BCUT2D eigenvalue weighted by atomic mass is 35.5. The molecule has 1 aromatic heterocycles. The van der Waals surface area contributed by atoms with Crippen molar-refractivity contribution in [2.75, 3.05) is 13.2 Å². The number of rotatable bonds is 2. The molecule has 1 atom stereocenters. The minimum absolute atomic E-state index is 0.0616. The first-order valence-electron chi connectivity index (χ1n) is 7.97.